The molecule has 2 aromatic rings. The van der Waals surface area contributed by atoms with Gasteiger partial charge in [-0.3, -0.25) is 0 Å². The van der Waals surface area contributed by atoms with Crippen LogP contribution in [-0.2, 0) is 12.8 Å². The van der Waals surface area contributed by atoms with E-state index >= 15 is 0 Å². The molecule has 0 aliphatic rings. The van der Waals surface area contributed by atoms with Crippen LogP contribution < -0.4 is 5.32 Å². The predicted molar refractivity (Wildman–Crippen MR) is 92.4 cm³/mol. The van der Waals surface area contributed by atoms with Gasteiger partial charge in [-0.15, -0.1) is 0 Å². The smallest absolute Gasteiger partial charge is 0.0595 e. The van der Waals surface area contributed by atoms with Crippen LogP contribution >= 0.6 is 23.2 Å². The van der Waals surface area contributed by atoms with E-state index in [1.54, 1.807) is 0 Å². The molecule has 21 heavy (non-hydrogen) atoms. The summed E-state index contributed by atoms with van der Waals surface area (Å²) >= 11 is 12.0. The van der Waals surface area contributed by atoms with Crippen molar-refractivity contribution in [2.24, 2.45) is 0 Å². The Bertz CT molecular complexity index is 554. The third kappa shape index (κ3) is 5.70. The lowest BCUT2D eigenvalue weighted by Gasteiger charge is -2.14. The minimum atomic E-state index is 0.429. The van der Waals surface area contributed by atoms with Crippen molar-refractivity contribution in [2.45, 2.75) is 32.2 Å². The first-order chi connectivity index (χ1) is 10.1. The highest BCUT2D eigenvalue weighted by Crippen LogP contribution is 2.23. The zero-order valence-corrected chi connectivity index (χ0v) is 13.8. The highest BCUT2D eigenvalue weighted by Gasteiger charge is 2.05. The molecule has 0 aliphatic carbocycles. The Hall–Kier alpha value is -1.02. The van der Waals surface area contributed by atoms with Crippen LogP contribution in [0.5, 0.6) is 0 Å². The van der Waals surface area contributed by atoms with Crippen LogP contribution in [0, 0.1) is 0 Å². The number of rotatable bonds is 7. The minimum absolute atomic E-state index is 0.429. The molecule has 3 heteroatoms. The maximum absolute atomic E-state index is 6.04. The molecule has 112 valence electrons. The fourth-order valence-electron chi connectivity index (χ4n) is 2.38. The summed E-state index contributed by atoms with van der Waals surface area (Å²) in [6, 6.07) is 16.9. The van der Waals surface area contributed by atoms with Gasteiger partial charge in [0.1, 0.15) is 0 Å². The van der Waals surface area contributed by atoms with E-state index in [4.69, 9.17) is 23.2 Å². The fraction of sp³-hybridized carbons (Fsp3) is 0.333. The summed E-state index contributed by atoms with van der Waals surface area (Å²) < 4.78 is 0. The highest BCUT2D eigenvalue weighted by molar-refractivity contribution is 6.42. The number of hydrogen-bond acceptors (Lipinski definition) is 1. The molecule has 0 fully saturated rings. The average Bonchev–Trinajstić information content (AvgIpc) is 2.49. The summed E-state index contributed by atoms with van der Waals surface area (Å²) in [6.07, 6.45) is 3.23. The van der Waals surface area contributed by atoms with E-state index in [-0.39, 0.29) is 0 Å². The molecular formula is C18H21Cl2N. The van der Waals surface area contributed by atoms with Crippen molar-refractivity contribution in [3.05, 3.63) is 69.7 Å². The number of hydrogen-bond donors (Lipinski definition) is 1. The zero-order valence-electron chi connectivity index (χ0n) is 12.3. The molecule has 0 radical (unpaired) electrons. The Labute approximate surface area is 137 Å². The second kappa shape index (κ2) is 8.43. The lowest BCUT2D eigenvalue weighted by molar-refractivity contribution is 0.534. The average molecular weight is 322 g/mol. The van der Waals surface area contributed by atoms with Crippen LogP contribution in [0.25, 0.3) is 0 Å². The SMILES string of the molecule is C[C@@H](Cc1ccc(Cl)c(Cl)c1)NCCCc1ccccc1. The first kappa shape index (κ1) is 16.4. The topological polar surface area (TPSA) is 12.0 Å². The second-order valence-electron chi connectivity index (χ2n) is 5.40. The monoisotopic (exact) mass is 321 g/mol. The van der Waals surface area contributed by atoms with Gasteiger partial charge in [0.25, 0.3) is 0 Å². The number of nitrogens with one attached hydrogen (secondary N) is 1. The molecule has 0 saturated carbocycles. The van der Waals surface area contributed by atoms with Gasteiger partial charge in [-0.1, -0.05) is 59.6 Å². The van der Waals surface area contributed by atoms with Crippen molar-refractivity contribution in [2.75, 3.05) is 6.54 Å². The molecule has 0 heterocycles. The maximum Gasteiger partial charge on any atom is 0.0595 e. The molecule has 2 aromatic carbocycles. The van der Waals surface area contributed by atoms with Crippen LogP contribution in [0.4, 0.5) is 0 Å². The van der Waals surface area contributed by atoms with E-state index in [0.29, 0.717) is 16.1 Å². The van der Waals surface area contributed by atoms with Gasteiger partial charge in [-0.2, -0.15) is 0 Å². The van der Waals surface area contributed by atoms with Gasteiger partial charge < -0.3 is 5.32 Å². The summed E-state index contributed by atoms with van der Waals surface area (Å²) in [4.78, 5) is 0. The van der Waals surface area contributed by atoms with Gasteiger partial charge in [0.05, 0.1) is 10.0 Å². The van der Waals surface area contributed by atoms with Gasteiger partial charge >= 0.3 is 0 Å². The first-order valence-electron chi connectivity index (χ1n) is 7.36. The van der Waals surface area contributed by atoms with Crippen molar-refractivity contribution >= 4 is 23.2 Å². The molecule has 0 amide bonds. The van der Waals surface area contributed by atoms with Crippen molar-refractivity contribution in [3.8, 4) is 0 Å². The van der Waals surface area contributed by atoms with E-state index in [2.05, 4.69) is 42.6 Å². The molecule has 1 nitrogen and oxygen atoms in total. The first-order valence-corrected chi connectivity index (χ1v) is 8.12. The van der Waals surface area contributed by atoms with Crippen molar-refractivity contribution in [3.63, 3.8) is 0 Å². The molecule has 0 saturated heterocycles. The van der Waals surface area contributed by atoms with Crippen molar-refractivity contribution < 1.29 is 0 Å². The van der Waals surface area contributed by atoms with Crippen LogP contribution in [0.3, 0.4) is 0 Å². The number of aryl methyl sites for hydroxylation is 1. The molecule has 0 bridgehead atoms. The molecule has 1 atom stereocenters. The predicted octanol–water partition coefficient (Wildman–Crippen LogP) is 5.15. The van der Waals surface area contributed by atoms with E-state index in [0.717, 1.165) is 25.8 Å². The standard InChI is InChI=1S/C18H21Cl2N/c1-14(12-16-9-10-17(19)18(20)13-16)21-11-5-8-15-6-3-2-4-7-15/h2-4,6-7,9-10,13-14,21H,5,8,11-12H2,1H3/t14-/m0/s1. The summed E-state index contributed by atoms with van der Waals surface area (Å²) in [7, 11) is 0. The highest BCUT2D eigenvalue weighted by atomic mass is 35.5. The van der Waals surface area contributed by atoms with Gasteiger partial charge in [-0.05, 0) is 56.0 Å². The van der Waals surface area contributed by atoms with Gasteiger partial charge in [0.15, 0.2) is 0 Å². The Morgan fingerprint density at radius 2 is 1.71 bits per heavy atom. The third-order valence-electron chi connectivity index (χ3n) is 3.50. The lowest BCUT2D eigenvalue weighted by atomic mass is 10.1. The Morgan fingerprint density at radius 3 is 2.43 bits per heavy atom. The summed E-state index contributed by atoms with van der Waals surface area (Å²) in [6.45, 7) is 3.22. The van der Waals surface area contributed by atoms with E-state index in [1.165, 1.54) is 11.1 Å². The molecular weight excluding hydrogens is 301 g/mol. The summed E-state index contributed by atoms with van der Waals surface area (Å²) in [5.41, 5.74) is 2.61. The molecule has 0 aromatic heterocycles. The van der Waals surface area contributed by atoms with E-state index in [9.17, 15) is 0 Å². The third-order valence-corrected chi connectivity index (χ3v) is 4.24. The molecule has 1 N–H and O–H groups in total. The Kier molecular flexibility index (Phi) is 6.56. The molecule has 0 aliphatic heterocycles. The normalized spacial score (nSPS) is 12.3. The molecule has 0 spiro atoms. The summed E-state index contributed by atoms with van der Waals surface area (Å²) in [5, 5.41) is 4.80. The summed E-state index contributed by atoms with van der Waals surface area (Å²) in [5.74, 6) is 0. The van der Waals surface area contributed by atoms with Crippen LogP contribution in [-0.4, -0.2) is 12.6 Å². The van der Waals surface area contributed by atoms with E-state index in [1.807, 2.05) is 18.2 Å². The van der Waals surface area contributed by atoms with Gasteiger partial charge in [0, 0.05) is 6.04 Å². The zero-order chi connectivity index (χ0) is 15.1. The van der Waals surface area contributed by atoms with Crippen molar-refractivity contribution in [1.29, 1.82) is 0 Å². The number of benzene rings is 2. The van der Waals surface area contributed by atoms with E-state index < -0.39 is 0 Å². The quantitative estimate of drug-likeness (QED) is 0.695. The fourth-order valence-corrected chi connectivity index (χ4v) is 2.70. The molecule has 2 rings (SSSR count). The van der Waals surface area contributed by atoms with Crippen molar-refractivity contribution in [1.82, 2.24) is 5.32 Å². The maximum atomic E-state index is 6.04. The second-order valence-corrected chi connectivity index (χ2v) is 6.21. The van der Waals surface area contributed by atoms with Crippen LogP contribution in [0.2, 0.25) is 10.0 Å². The minimum Gasteiger partial charge on any atom is -0.314 e. The Balaban J connectivity index is 1.70. The lowest BCUT2D eigenvalue weighted by Crippen LogP contribution is -2.29. The van der Waals surface area contributed by atoms with Gasteiger partial charge in [0.2, 0.25) is 0 Å². The Morgan fingerprint density at radius 1 is 0.952 bits per heavy atom. The molecule has 0 unspecified atom stereocenters. The number of halogens is 2. The van der Waals surface area contributed by atoms with Crippen LogP contribution in [0.15, 0.2) is 48.5 Å². The largest absolute Gasteiger partial charge is 0.314 e. The van der Waals surface area contributed by atoms with Gasteiger partial charge in [-0.25, -0.2) is 0 Å². The van der Waals surface area contributed by atoms with Crippen LogP contribution in [0.1, 0.15) is 24.5 Å².